The first-order chi connectivity index (χ1) is 6.70. The third kappa shape index (κ3) is 1.36. The molecule has 0 bridgehead atoms. The summed E-state index contributed by atoms with van der Waals surface area (Å²) < 4.78 is 1.73. The molecule has 0 unspecified atom stereocenters. The van der Waals surface area contributed by atoms with Gasteiger partial charge in [0.25, 0.3) is 0 Å². The maximum Gasteiger partial charge on any atom is 0.0835 e. The molecule has 4 heteroatoms. The Morgan fingerprint density at radius 1 is 1.36 bits per heavy atom. The standard InChI is InChI=1S/C10H10ClN3/c1-7-9(12)6-13-14(7)10-5-3-2-4-8(10)11/h2-6H,12H2,1H3. The smallest absolute Gasteiger partial charge is 0.0835 e. The molecule has 72 valence electrons. The summed E-state index contributed by atoms with van der Waals surface area (Å²) in [5.74, 6) is 0. The van der Waals surface area contributed by atoms with Crippen LogP contribution in [0.3, 0.4) is 0 Å². The Balaban J connectivity index is 2.60. The van der Waals surface area contributed by atoms with Crippen LogP contribution in [0.1, 0.15) is 5.69 Å². The van der Waals surface area contributed by atoms with Gasteiger partial charge in [-0.05, 0) is 19.1 Å². The highest BCUT2D eigenvalue weighted by Gasteiger charge is 2.07. The number of aromatic nitrogens is 2. The van der Waals surface area contributed by atoms with E-state index in [0.717, 1.165) is 11.4 Å². The fourth-order valence-electron chi connectivity index (χ4n) is 1.29. The third-order valence-corrected chi connectivity index (χ3v) is 2.45. The highest BCUT2D eigenvalue weighted by molar-refractivity contribution is 6.32. The van der Waals surface area contributed by atoms with Gasteiger partial charge >= 0.3 is 0 Å². The van der Waals surface area contributed by atoms with Gasteiger partial charge in [0.05, 0.1) is 28.3 Å². The number of rotatable bonds is 1. The molecule has 2 rings (SSSR count). The number of halogens is 1. The minimum Gasteiger partial charge on any atom is -0.396 e. The zero-order valence-electron chi connectivity index (χ0n) is 7.74. The van der Waals surface area contributed by atoms with Crippen LogP contribution in [0.25, 0.3) is 5.69 Å². The molecule has 0 amide bonds. The molecule has 0 spiro atoms. The van der Waals surface area contributed by atoms with Gasteiger partial charge in [-0.3, -0.25) is 0 Å². The molecule has 1 aromatic carbocycles. The Labute approximate surface area is 87.1 Å². The monoisotopic (exact) mass is 207 g/mol. The van der Waals surface area contributed by atoms with Crippen molar-refractivity contribution >= 4 is 17.3 Å². The lowest BCUT2D eigenvalue weighted by Gasteiger charge is -2.05. The van der Waals surface area contributed by atoms with E-state index in [0.29, 0.717) is 10.7 Å². The lowest BCUT2D eigenvalue weighted by atomic mass is 10.3. The van der Waals surface area contributed by atoms with Crippen LogP contribution in [0.5, 0.6) is 0 Å². The highest BCUT2D eigenvalue weighted by atomic mass is 35.5. The predicted molar refractivity (Wildman–Crippen MR) is 57.7 cm³/mol. The van der Waals surface area contributed by atoms with E-state index >= 15 is 0 Å². The van der Waals surface area contributed by atoms with Crippen LogP contribution in [-0.4, -0.2) is 9.78 Å². The second kappa shape index (κ2) is 3.35. The molecule has 0 fully saturated rings. The quantitative estimate of drug-likeness (QED) is 0.781. The molecule has 0 aliphatic heterocycles. The summed E-state index contributed by atoms with van der Waals surface area (Å²) in [5, 5.41) is 4.82. The Bertz CT molecular complexity index is 462. The lowest BCUT2D eigenvalue weighted by molar-refractivity contribution is 0.848. The van der Waals surface area contributed by atoms with Crippen molar-refractivity contribution < 1.29 is 0 Å². The van der Waals surface area contributed by atoms with Gasteiger partial charge in [0, 0.05) is 0 Å². The number of nitrogens with zero attached hydrogens (tertiary/aromatic N) is 2. The summed E-state index contributed by atoms with van der Waals surface area (Å²) in [5.41, 5.74) is 8.12. The average molecular weight is 208 g/mol. The van der Waals surface area contributed by atoms with Crippen LogP contribution in [0.15, 0.2) is 30.5 Å². The Kier molecular flexibility index (Phi) is 2.17. The van der Waals surface area contributed by atoms with E-state index in [1.54, 1.807) is 10.9 Å². The van der Waals surface area contributed by atoms with Crippen molar-refractivity contribution in [1.82, 2.24) is 9.78 Å². The number of anilines is 1. The van der Waals surface area contributed by atoms with Crippen LogP contribution in [0.2, 0.25) is 5.02 Å². The van der Waals surface area contributed by atoms with E-state index in [1.807, 2.05) is 31.2 Å². The van der Waals surface area contributed by atoms with Gasteiger partial charge in [0.2, 0.25) is 0 Å². The molecule has 2 aromatic rings. The minimum absolute atomic E-state index is 0.665. The molecular weight excluding hydrogens is 198 g/mol. The van der Waals surface area contributed by atoms with Gasteiger partial charge in [0.15, 0.2) is 0 Å². The molecule has 3 nitrogen and oxygen atoms in total. The zero-order valence-corrected chi connectivity index (χ0v) is 8.49. The van der Waals surface area contributed by atoms with Gasteiger partial charge in [-0.2, -0.15) is 5.10 Å². The normalized spacial score (nSPS) is 10.4. The molecule has 0 atom stereocenters. The average Bonchev–Trinajstić information content (AvgIpc) is 2.49. The first-order valence-electron chi connectivity index (χ1n) is 4.25. The van der Waals surface area contributed by atoms with Crippen molar-refractivity contribution in [1.29, 1.82) is 0 Å². The van der Waals surface area contributed by atoms with E-state index in [1.165, 1.54) is 0 Å². The fraction of sp³-hybridized carbons (Fsp3) is 0.100. The van der Waals surface area contributed by atoms with E-state index < -0.39 is 0 Å². The molecule has 0 aliphatic carbocycles. The summed E-state index contributed by atoms with van der Waals surface area (Å²) in [6, 6.07) is 7.53. The highest BCUT2D eigenvalue weighted by Crippen LogP contribution is 2.22. The molecule has 0 saturated carbocycles. The summed E-state index contributed by atoms with van der Waals surface area (Å²) in [6.45, 7) is 1.91. The summed E-state index contributed by atoms with van der Waals surface area (Å²) in [6.07, 6.45) is 1.62. The number of benzene rings is 1. The SMILES string of the molecule is Cc1c(N)cnn1-c1ccccc1Cl. The van der Waals surface area contributed by atoms with Gasteiger partial charge < -0.3 is 5.73 Å². The van der Waals surface area contributed by atoms with Gasteiger partial charge in [-0.1, -0.05) is 23.7 Å². The lowest BCUT2D eigenvalue weighted by Crippen LogP contribution is -2.00. The Morgan fingerprint density at radius 3 is 2.64 bits per heavy atom. The molecular formula is C10H10ClN3. The topological polar surface area (TPSA) is 43.8 Å². The largest absolute Gasteiger partial charge is 0.396 e. The molecule has 1 aromatic heterocycles. The number of nitrogen functional groups attached to an aromatic ring is 1. The van der Waals surface area contributed by atoms with Gasteiger partial charge in [-0.25, -0.2) is 4.68 Å². The van der Waals surface area contributed by atoms with Crippen molar-refractivity contribution in [3.63, 3.8) is 0 Å². The Morgan fingerprint density at radius 2 is 2.07 bits per heavy atom. The van der Waals surface area contributed by atoms with Crippen molar-refractivity contribution in [2.75, 3.05) is 5.73 Å². The molecule has 0 aliphatic rings. The molecule has 0 saturated heterocycles. The first-order valence-corrected chi connectivity index (χ1v) is 4.63. The van der Waals surface area contributed by atoms with E-state index in [2.05, 4.69) is 5.10 Å². The van der Waals surface area contributed by atoms with Crippen molar-refractivity contribution in [2.45, 2.75) is 6.92 Å². The van der Waals surface area contributed by atoms with Crippen molar-refractivity contribution in [3.8, 4) is 5.69 Å². The second-order valence-electron chi connectivity index (χ2n) is 3.05. The van der Waals surface area contributed by atoms with Crippen LogP contribution >= 0.6 is 11.6 Å². The maximum atomic E-state index is 6.04. The molecule has 14 heavy (non-hydrogen) atoms. The molecule has 0 radical (unpaired) electrons. The van der Waals surface area contributed by atoms with Crippen LogP contribution in [0.4, 0.5) is 5.69 Å². The van der Waals surface area contributed by atoms with Crippen LogP contribution in [0, 0.1) is 6.92 Å². The van der Waals surface area contributed by atoms with E-state index in [9.17, 15) is 0 Å². The van der Waals surface area contributed by atoms with Crippen LogP contribution < -0.4 is 5.73 Å². The molecule has 2 N–H and O–H groups in total. The zero-order chi connectivity index (χ0) is 10.1. The number of para-hydroxylation sites is 1. The van der Waals surface area contributed by atoms with Crippen LogP contribution in [-0.2, 0) is 0 Å². The molecule has 1 heterocycles. The third-order valence-electron chi connectivity index (χ3n) is 2.13. The van der Waals surface area contributed by atoms with E-state index in [-0.39, 0.29) is 0 Å². The number of nitrogens with two attached hydrogens (primary N) is 1. The fourth-order valence-corrected chi connectivity index (χ4v) is 1.50. The Hall–Kier alpha value is -1.48. The minimum atomic E-state index is 0.665. The summed E-state index contributed by atoms with van der Waals surface area (Å²) in [4.78, 5) is 0. The van der Waals surface area contributed by atoms with E-state index in [4.69, 9.17) is 17.3 Å². The number of hydrogen-bond acceptors (Lipinski definition) is 2. The maximum absolute atomic E-state index is 6.04. The van der Waals surface area contributed by atoms with Crippen molar-refractivity contribution in [2.24, 2.45) is 0 Å². The predicted octanol–water partition coefficient (Wildman–Crippen LogP) is 2.42. The van der Waals surface area contributed by atoms with Gasteiger partial charge in [0.1, 0.15) is 0 Å². The summed E-state index contributed by atoms with van der Waals surface area (Å²) >= 11 is 6.04. The summed E-state index contributed by atoms with van der Waals surface area (Å²) in [7, 11) is 0. The first kappa shape index (κ1) is 9.09. The number of hydrogen-bond donors (Lipinski definition) is 1. The van der Waals surface area contributed by atoms with Crippen molar-refractivity contribution in [3.05, 3.63) is 41.2 Å². The van der Waals surface area contributed by atoms with Gasteiger partial charge in [-0.15, -0.1) is 0 Å². The second-order valence-corrected chi connectivity index (χ2v) is 3.46.